The molecule has 0 aromatic heterocycles. The number of hydrogen-bond donors (Lipinski definition) is 1. The van der Waals surface area contributed by atoms with Crippen molar-refractivity contribution in [1.29, 1.82) is 0 Å². The van der Waals surface area contributed by atoms with Crippen molar-refractivity contribution >= 4 is 5.97 Å². The van der Waals surface area contributed by atoms with Crippen LogP contribution in [-0.2, 0) is 4.79 Å². The quantitative estimate of drug-likeness (QED) is 0.620. The predicted octanol–water partition coefficient (Wildman–Crippen LogP) is 2.35. The molecule has 0 amide bonds. The van der Waals surface area contributed by atoms with Gasteiger partial charge in [0.1, 0.15) is 0 Å². The number of rotatable bonds is 2. The van der Waals surface area contributed by atoms with E-state index in [0.29, 0.717) is 0 Å². The first-order chi connectivity index (χ1) is 5.20. The van der Waals surface area contributed by atoms with Crippen LogP contribution >= 0.6 is 0 Å². The minimum absolute atomic E-state index is 0.256. The first kappa shape index (κ1) is 8.31. The van der Waals surface area contributed by atoms with Gasteiger partial charge in [0.05, 0.1) is 6.42 Å². The zero-order valence-corrected chi connectivity index (χ0v) is 6.89. The average Bonchev–Trinajstić information content (AvgIpc) is 1.93. The maximum Gasteiger partial charge on any atom is 0.307 e. The van der Waals surface area contributed by atoms with Crippen molar-refractivity contribution in [2.75, 3.05) is 0 Å². The SMILES string of the molecule is CC1=C(CC(=O)O)CCCC1. The number of carboxylic acid groups (broad SMARTS) is 1. The van der Waals surface area contributed by atoms with E-state index >= 15 is 0 Å². The van der Waals surface area contributed by atoms with Crippen LogP contribution in [0.15, 0.2) is 11.1 Å². The Morgan fingerprint density at radius 2 is 2.09 bits per heavy atom. The minimum Gasteiger partial charge on any atom is -0.481 e. The maximum atomic E-state index is 10.4. The van der Waals surface area contributed by atoms with Crippen LogP contribution in [-0.4, -0.2) is 11.1 Å². The van der Waals surface area contributed by atoms with E-state index in [1.165, 1.54) is 18.4 Å². The molecule has 0 bridgehead atoms. The summed E-state index contributed by atoms with van der Waals surface area (Å²) in [4.78, 5) is 10.4. The monoisotopic (exact) mass is 154 g/mol. The topological polar surface area (TPSA) is 37.3 Å². The Morgan fingerprint density at radius 1 is 1.45 bits per heavy atom. The maximum absolute atomic E-state index is 10.4. The molecule has 1 aliphatic rings. The van der Waals surface area contributed by atoms with Gasteiger partial charge in [0.2, 0.25) is 0 Å². The smallest absolute Gasteiger partial charge is 0.307 e. The second-order valence-corrected chi connectivity index (χ2v) is 3.16. The van der Waals surface area contributed by atoms with Crippen LogP contribution in [0, 0.1) is 0 Å². The zero-order valence-electron chi connectivity index (χ0n) is 6.89. The molecule has 0 aromatic carbocycles. The van der Waals surface area contributed by atoms with Crippen molar-refractivity contribution in [2.24, 2.45) is 0 Å². The van der Waals surface area contributed by atoms with E-state index in [0.717, 1.165) is 18.4 Å². The normalized spacial score (nSPS) is 18.6. The van der Waals surface area contributed by atoms with E-state index in [-0.39, 0.29) is 6.42 Å². The second-order valence-electron chi connectivity index (χ2n) is 3.16. The standard InChI is InChI=1S/C9H14O2/c1-7-4-2-3-5-8(7)6-9(10)11/h2-6H2,1H3,(H,10,11). The second kappa shape index (κ2) is 3.56. The molecule has 0 radical (unpaired) electrons. The van der Waals surface area contributed by atoms with E-state index in [2.05, 4.69) is 6.92 Å². The van der Waals surface area contributed by atoms with Gasteiger partial charge in [0.25, 0.3) is 0 Å². The molecule has 0 fully saturated rings. The summed E-state index contributed by atoms with van der Waals surface area (Å²) in [6.07, 6.45) is 4.75. The van der Waals surface area contributed by atoms with Gasteiger partial charge < -0.3 is 5.11 Å². The van der Waals surface area contributed by atoms with Gasteiger partial charge in [-0.15, -0.1) is 0 Å². The molecular formula is C9H14O2. The third-order valence-corrected chi connectivity index (χ3v) is 2.25. The molecule has 0 heterocycles. The van der Waals surface area contributed by atoms with Crippen LogP contribution in [0.3, 0.4) is 0 Å². The summed E-state index contributed by atoms with van der Waals surface area (Å²) >= 11 is 0. The molecule has 0 aromatic rings. The summed E-state index contributed by atoms with van der Waals surface area (Å²) < 4.78 is 0. The van der Waals surface area contributed by atoms with Gasteiger partial charge in [0.15, 0.2) is 0 Å². The Labute approximate surface area is 66.9 Å². The third kappa shape index (κ3) is 2.37. The van der Waals surface area contributed by atoms with Gasteiger partial charge in [-0.1, -0.05) is 11.1 Å². The number of aliphatic carboxylic acids is 1. The third-order valence-electron chi connectivity index (χ3n) is 2.25. The Hall–Kier alpha value is -0.790. The van der Waals surface area contributed by atoms with Crippen LogP contribution < -0.4 is 0 Å². The van der Waals surface area contributed by atoms with E-state index in [1.807, 2.05) is 0 Å². The van der Waals surface area contributed by atoms with Crippen molar-refractivity contribution in [3.8, 4) is 0 Å². The molecule has 0 saturated carbocycles. The molecule has 0 saturated heterocycles. The number of carbonyl (C=O) groups is 1. The number of hydrogen-bond acceptors (Lipinski definition) is 1. The Kier molecular flexibility index (Phi) is 2.69. The Bertz CT molecular complexity index is 192. The lowest BCUT2D eigenvalue weighted by molar-refractivity contribution is -0.136. The van der Waals surface area contributed by atoms with Crippen LogP contribution in [0.1, 0.15) is 39.0 Å². The van der Waals surface area contributed by atoms with Crippen LogP contribution in [0.4, 0.5) is 0 Å². The molecule has 11 heavy (non-hydrogen) atoms. The van der Waals surface area contributed by atoms with E-state index < -0.39 is 5.97 Å². The fourth-order valence-corrected chi connectivity index (χ4v) is 1.54. The van der Waals surface area contributed by atoms with Crippen molar-refractivity contribution < 1.29 is 9.90 Å². The highest BCUT2D eigenvalue weighted by molar-refractivity contribution is 5.70. The number of allylic oxidation sites excluding steroid dienone is 1. The molecule has 62 valence electrons. The van der Waals surface area contributed by atoms with Gasteiger partial charge in [-0.2, -0.15) is 0 Å². The molecule has 0 unspecified atom stereocenters. The van der Waals surface area contributed by atoms with Gasteiger partial charge >= 0.3 is 5.97 Å². The summed E-state index contributed by atoms with van der Waals surface area (Å²) in [5, 5.41) is 8.55. The summed E-state index contributed by atoms with van der Waals surface area (Å²) in [6.45, 7) is 2.05. The molecule has 0 aliphatic heterocycles. The molecule has 2 heteroatoms. The average molecular weight is 154 g/mol. The fourth-order valence-electron chi connectivity index (χ4n) is 1.54. The predicted molar refractivity (Wildman–Crippen MR) is 43.4 cm³/mol. The lowest BCUT2D eigenvalue weighted by Crippen LogP contribution is -2.03. The summed E-state index contributed by atoms with van der Waals surface area (Å²) in [6, 6.07) is 0. The van der Waals surface area contributed by atoms with E-state index in [9.17, 15) is 4.79 Å². The van der Waals surface area contributed by atoms with Gasteiger partial charge in [-0.25, -0.2) is 0 Å². The van der Waals surface area contributed by atoms with Crippen molar-refractivity contribution in [3.63, 3.8) is 0 Å². The Morgan fingerprint density at radius 3 is 2.64 bits per heavy atom. The van der Waals surface area contributed by atoms with Gasteiger partial charge in [-0.05, 0) is 32.6 Å². The first-order valence-electron chi connectivity index (χ1n) is 4.09. The highest BCUT2D eigenvalue weighted by Gasteiger charge is 2.11. The lowest BCUT2D eigenvalue weighted by atomic mass is 9.91. The fraction of sp³-hybridized carbons (Fsp3) is 0.667. The molecule has 0 spiro atoms. The molecule has 1 N–H and O–H groups in total. The summed E-state index contributed by atoms with van der Waals surface area (Å²) in [5.74, 6) is -0.693. The lowest BCUT2D eigenvalue weighted by Gasteiger charge is -2.15. The van der Waals surface area contributed by atoms with Crippen molar-refractivity contribution in [3.05, 3.63) is 11.1 Å². The van der Waals surface area contributed by atoms with Crippen LogP contribution in [0.5, 0.6) is 0 Å². The highest BCUT2D eigenvalue weighted by Crippen LogP contribution is 2.26. The van der Waals surface area contributed by atoms with E-state index in [4.69, 9.17) is 5.11 Å². The number of carboxylic acids is 1. The molecule has 1 aliphatic carbocycles. The van der Waals surface area contributed by atoms with Crippen LogP contribution in [0.2, 0.25) is 0 Å². The minimum atomic E-state index is -0.693. The van der Waals surface area contributed by atoms with Gasteiger partial charge in [-0.3, -0.25) is 4.79 Å². The van der Waals surface area contributed by atoms with E-state index in [1.54, 1.807) is 0 Å². The molecule has 0 atom stereocenters. The molecule has 1 rings (SSSR count). The largest absolute Gasteiger partial charge is 0.481 e. The Balaban J connectivity index is 2.59. The molecular weight excluding hydrogens is 140 g/mol. The van der Waals surface area contributed by atoms with Crippen molar-refractivity contribution in [2.45, 2.75) is 39.0 Å². The summed E-state index contributed by atoms with van der Waals surface area (Å²) in [5.41, 5.74) is 2.46. The highest BCUT2D eigenvalue weighted by atomic mass is 16.4. The molecule has 2 nitrogen and oxygen atoms in total. The van der Waals surface area contributed by atoms with Crippen LogP contribution in [0.25, 0.3) is 0 Å². The first-order valence-corrected chi connectivity index (χ1v) is 4.09. The zero-order chi connectivity index (χ0) is 8.27. The summed E-state index contributed by atoms with van der Waals surface area (Å²) in [7, 11) is 0. The van der Waals surface area contributed by atoms with Gasteiger partial charge in [0, 0.05) is 0 Å². The van der Waals surface area contributed by atoms with Crippen molar-refractivity contribution in [1.82, 2.24) is 0 Å².